The molecule has 1 aliphatic heterocycles. The molecular weight excluding hydrogens is 390 g/mol. The van der Waals surface area contributed by atoms with Crippen molar-refractivity contribution in [2.45, 2.75) is 38.0 Å². The van der Waals surface area contributed by atoms with Crippen molar-refractivity contribution in [3.05, 3.63) is 40.7 Å². The maximum absolute atomic E-state index is 13.0. The van der Waals surface area contributed by atoms with E-state index in [0.717, 1.165) is 36.2 Å². The van der Waals surface area contributed by atoms with Crippen molar-refractivity contribution < 1.29 is 13.2 Å². The summed E-state index contributed by atoms with van der Waals surface area (Å²) in [6.45, 7) is 5.76. The van der Waals surface area contributed by atoms with Crippen LogP contribution in [0.25, 0.3) is 0 Å². The molecule has 0 bridgehead atoms. The number of carbonyl (C=O) groups excluding carboxylic acids is 1. The third kappa shape index (κ3) is 4.08. The van der Waals surface area contributed by atoms with E-state index in [1.165, 1.54) is 9.87 Å². The maximum Gasteiger partial charge on any atom is 0.243 e. The van der Waals surface area contributed by atoms with Crippen LogP contribution in [0.15, 0.2) is 23.1 Å². The van der Waals surface area contributed by atoms with E-state index in [4.69, 9.17) is 0 Å². The van der Waals surface area contributed by atoms with Crippen molar-refractivity contribution >= 4 is 21.6 Å². The molecule has 1 aromatic carbocycles. The van der Waals surface area contributed by atoms with Crippen molar-refractivity contribution in [1.82, 2.24) is 19.4 Å². The molecule has 2 heterocycles. The number of carbonyl (C=O) groups is 1. The van der Waals surface area contributed by atoms with Crippen molar-refractivity contribution in [3.8, 4) is 0 Å². The van der Waals surface area contributed by atoms with Gasteiger partial charge in [-0.25, -0.2) is 8.42 Å². The molecular formula is C20H27N5O3S. The Kier molecular flexibility index (Phi) is 5.46. The summed E-state index contributed by atoms with van der Waals surface area (Å²) in [6, 6.07) is 5.53. The van der Waals surface area contributed by atoms with Gasteiger partial charge in [-0.1, -0.05) is 6.07 Å². The number of hydrogen-bond donors (Lipinski definition) is 2. The molecule has 8 nitrogen and oxygen atoms in total. The van der Waals surface area contributed by atoms with Gasteiger partial charge in [0.05, 0.1) is 28.5 Å². The highest BCUT2D eigenvalue weighted by molar-refractivity contribution is 7.89. The van der Waals surface area contributed by atoms with Crippen LogP contribution >= 0.6 is 0 Å². The normalized spacial score (nSPS) is 18.0. The number of benzene rings is 1. The Labute approximate surface area is 171 Å². The third-order valence-electron chi connectivity index (χ3n) is 5.80. The molecule has 0 spiro atoms. The molecule has 1 amide bonds. The fourth-order valence-corrected chi connectivity index (χ4v) is 5.58. The Morgan fingerprint density at radius 2 is 1.86 bits per heavy atom. The van der Waals surface area contributed by atoms with Crippen molar-refractivity contribution in [2.24, 2.45) is 0 Å². The van der Waals surface area contributed by atoms with E-state index >= 15 is 0 Å². The minimum absolute atomic E-state index is 0.118. The summed E-state index contributed by atoms with van der Waals surface area (Å²) in [5.41, 5.74) is 4.71. The van der Waals surface area contributed by atoms with Crippen LogP contribution in [0.1, 0.15) is 28.9 Å². The number of aromatic amines is 1. The number of nitrogens with one attached hydrogen (secondary N) is 2. The van der Waals surface area contributed by atoms with E-state index in [1.54, 1.807) is 6.07 Å². The summed E-state index contributed by atoms with van der Waals surface area (Å²) >= 11 is 0. The van der Waals surface area contributed by atoms with Crippen molar-refractivity contribution in [2.75, 3.05) is 38.0 Å². The van der Waals surface area contributed by atoms with Crippen molar-refractivity contribution in [3.63, 3.8) is 0 Å². The molecule has 1 aromatic heterocycles. The molecule has 0 radical (unpaired) electrons. The van der Waals surface area contributed by atoms with E-state index in [1.807, 2.05) is 30.9 Å². The van der Waals surface area contributed by atoms with Crippen LogP contribution in [0.4, 0.5) is 5.69 Å². The Balaban J connectivity index is 1.35. The lowest BCUT2D eigenvalue weighted by Crippen LogP contribution is -2.50. The van der Waals surface area contributed by atoms with Crippen molar-refractivity contribution in [1.29, 1.82) is 0 Å². The van der Waals surface area contributed by atoms with Gasteiger partial charge in [0.15, 0.2) is 0 Å². The van der Waals surface area contributed by atoms with Crippen LogP contribution in [0.2, 0.25) is 0 Å². The van der Waals surface area contributed by atoms with Crippen LogP contribution in [0, 0.1) is 13.8 Å². The Hall–Kier alpha value is -2.23. The summed E-state index contributed by atoms with van der Waals surface area (Å²) in [4.78, 5) is 14.7. The van der Waals surface area contributed by atoms with Gasteiger partial charge in [-0.2, -0.15) is 9.40 Å². The quantitative estimate of drug-likeness (QED) is 0.768. The van der Waals surface area contributed by atoms with Gasteiger partial charge in [0.2, 0.25) is 15.9 Å². The summed E-state index contributed by atoms with van der Waals surface area (Å²) in [5, 5.41) is 9.82. The number of piperazine rings is 1. The van der Waals surface area contributed by atoms with Crippen LogP contribution in [-0.4, -0.2) is 66.5 Å². The lowest BCUT2D eigenvalue weighted by Gasteiger charge is -2.33. The first kappa shape index (κ1) is 20.1. The fraction of sp³-hybridized carbons (Fsp3) is 0.500. The second kappa shape index (κ2) is 7.89. The SMILES string of the molecule is Cc1n[nH]c(C)c1NC(=O)CN1CCN(S(=O)(=O)c2ccc3c(c2)CCC3)CC1. The van der Waals surface area contributed by atoms with Gasteiger partial charge >= 0.3 is 0 Å². The van der Waals surface area contributed by atoms with E-state index in [-0.39, 0.29) is 12.5 Å². The highest BCUT2D eigenvalue weighted by Crippen LogP contribution is 2.26. The van der Waals surface area contributed by atoms with Gasteiger partial charge < -0.3 is 5.32 Å². The standard InChI is InChI=1S/C20H27N5O3S/c1-14-20(15(2)23-22-14)21-19(26)13-24-8-10-25(11-9-24)29(27,28)18-7-6-16-4-3-5-17(16)12-18/h6-7,12H,3-5,8-11,13H2,1-2H3,(H,21,26)(H,22,23). The van der Waals surface area contributed by atoms with Gasteiger partial charge in [-0.05, 0) is 56.4 Å². The Bertz CT molecular complexity index is 1000. The number of rotatable bonds is 5. The summed E-state index contributed by atoms with van der Waals surface area (Å²) in [7, 11) is -3.49. The van der Waals surface area contributed by atoms with Gasteiger partial charge in [0, 0.05) is 26.2 Å². The zero-order valence-corrected chi connectivity index (χ0v) is 17.7. The van der Waals surface area contributed by atoms with Gasteiger partial charge in [-0.3, -0.25) is 14.8 Å². The number of aryl methyl sites for hydroxylation is 4. The molecule has 4 rings (SSSR count). The maximum atomic E-state index is 13.0. The molecule has 0 saturated carbocycles. The minimum Gasteiger partial charge on any atom is -0.322 e. The highest BCUT2D eigenvalue weighted by Gasteiger charge is 2.30. The van der Waals surface area contributed by atoms with Gasteiger partial charge in [0.25, 0.3) is 0 Å². The summed E-state index contributed by atoms with van der Waals surface area (Å²) < 4.78 is 27.6. The molecule has 0 unspecified atom stereocenters. The molecule has 1 saturated heterocycles. The zero-order valence-electron chi connectivity index (χ0n) is 16.9. The molecule has 156 valence electrons. The first-order valence-corrected chi connectivity index (χ1v) is 11.4. The van der Waals surface area contributed by atoms with Gasteiger partial charge in [0.1, 0.15) is 0 Å². The number of fused-ring (bicyclic) bond motifs is 1. The summed E-state index contributed by atoms with van der Waals surface area (Å²) in [6.07, 6.45) is 3.09. The first-order chi connectivity index (χ1) is 13.8. The third-order valence-corrected chi connectivity index (χ3v) is 7.69. The number of hydrogen-bond acceptors (Lipinski definition) is 5. The molecule has 1 fully saturated rings. The topological polar surface area (TPSA) is 98.4 Å². The largest absolute Gasteiger partial charge is 0.322 e. The van der Waals surface area contributed by atoms with Crippen LogP contribution < -0.4 is 5.32 Å². The molecule has 0 atom stereocenters. The second-order valence-electron chi connectivity index (χ2n) is 7.82. The molecule has 2 aliphatic rings. The molecule has 2 N–H and O–H groups in total. The Morgan fingerprint density at radius 3 is 2.55 bits per heavy atom. The number of amides is 1. The van der Waals surface area contributed by atoms with E-state index in [9.17, 15) is 13.2 Å². The van der Waals surface area contributed by atoms with E-state index in [0.29, 0.717) is 36.8 Å². The predicted molar refractivity (Wildman–Crippen MR) is 110 cm³/mol. The second-order valence-corrected chi connectivity index (χ2v) is 9.76. The number of nitrogens with zero attached hydrogens (tertiary/aromatic N) is 3. The van der Waals surface area contributed by atoms with Crippen LogP contribution in [-0.2, 0) is 27.7 Å². The number of aromatic nitrogens is 2. The average molecular weight is 418 g/mol. The number of sulfonamides is 1. The zero-order chi connectivity index (χ0) is 20.6. The monoisotopic (exact) mass is 417 g/mol. The average Bonchev–Trinajstić information content (AvgIpc) is 3.29. The minimum atomic E-state index is -3.49. The Morgan fingerprint density at radius 1 is 1.14 bits per heavy atom. The van der Waals surface area contributed by atoms with E-state index < -0.39 is 10.0 Å². The molecule has 2 aromatic rings. The first-order valence-electron chi connectivity index (χ1n) is 10.0. The smallest absolute Gasteiger partial charge is 0.243 e. The fourth-order valence-electron chi connectivity index (χ4n) is 4.10. The predicted octanol–water partition coefficient (Wildman–Crippen LogP) is 1.46. The molecule has 29 heavy (non-hydrogen) atoms. The van der Waals surface area contributed by atoms with Crippen LogP contribution in [0.3, 0.4) is 0 Å². The lowest BCUT2D eigenvalue weighted by atomic mass is 10.1. The summed E-state index contributed by atoms with van der Waals surface area (Å²) in [5.74, 6) is -0.118. The van der Waals surface area contributed by atoms with Crippen LogP contribution in [0.5, 0.6) is 0 Å². The molecule has 9 heteroatoms. The molecule has 1 aliphatic carbocycles. The number of anilines is 1. The van der Waals surface area contributed by atoms with E-state index in [2.05, 4.69) is 15.5 Å². The lowest BCUT2D eigenvalue weighted by molar-refractivity contribution is -0.117. The van der Waals surface area contributed by atoms with Gasteiger partial charge in [-0.15, -0.1) is 0 Å². The number of H-pyrrole nitrogens is 1. The highest BCUT2D eigenvalue weighted by atomic mass is 32.2.